The van der Waals surface area contributed by atoms with E-state index in [0.29, 0.717) is 5.92 Å². The predicted molar refractivity (Wildman–Crippen MR) is 57.0 cm³/mol. The Morgan fingerprint density at radius 1 is 1.15 bits per heavy atom. The Labute approximate surface area is 96.3 Å². The summed E-state index contributed by atoms with van der Waals surface area (Å²) in [4.78, 5) is 0. The van der Waals surface area contributed by atoms with Crippen LogP contribution in [0.3, 0.4) is 0 Å². The molecule has 0 aliphatic carbocycles. The molecule has 13 heavy (non-hydrogen) atoms. The fourth-order valence-electron chi connectivity index (χ4n) is 1.23. The Kier molecular flexibility index (Phi) is 8.05. The number of benzene rings is 1. The maximum absolute atomic E-state index is 4.85. The quantitative estimate of drug-likeness (QED) is 0.670. The van der Waals surface area contributed by atoms with Crippen LogP contribution in [0.1, 0.15) is 30.9 Å². The predicted octanol–water partition coefficient (Wildman–Crippen LogP) is 4.49. The molecule has 3 heteroatoms. The fourth-order valence-corrected chi connectivity index (χ4v) is 1.23. The molecule has 0 radical (unpaired) electrons. The Morgan fingerprint density at radius 3 is 1.92 bits per heavy atom. The molecule has 1 rings (SSSR count). The van der Waals surface area contributed by atoms with E-state index >= 15 is 0 Å². The molecule has 0 saturated carbocycles. The fraction of sp³-hybridized carbons (Fsp3) is 0.400. The number of halogens is 2. The van der Waals surface area contributed by atoms with Crippen LogP contribution in [-0.2, 0) is 15.1 Å². The molecule has 1 aromatic rings. The van der Waals surface area contributed by atoms with Gasteiger partial charge in [-0.15, -0.1) is 0 Å². The third-order valence-corrected chi connectivity index (χ3v) is 1.81. The van der Waals surface area contributed by atoms with Crippen molar-refractivity contribution < 1.29 is 15.1 Å². The SMILES string of the molecule is Cc1ccccc1C(C)C.[Cl][Ru][Cl]. The zero-order chi connectivity index (χ0) is 10.3. The molecule has 0 saturated heterocycles. The van der Waals surface area contributed by atoms with E-state index in [1.807, 2.05) is 0 Å². The van der Waals surface area contributed by atoms with Crippen LogP contribution in [-0.4, -0.2) is 0 Å². The first kappa shape index (κ1) is 13.4. The van der Waals surface area contributed by atoms with Crippen LogP contribution in [0.5, 0.6) is 0 Å². The van der Waals surface area contributed by atoms with Gasteiger partial charge in [0.05, 0.1) is 0 Å². The molecule has 0 aromatic heterocycles. The van der Waals surface area contributed by atoms with Crippen LogP contribution in [0.2, 0.25) is 0 Å². The minimum atomic E-state index is -0.346. The molecule has 0 amide bonds. The first-order chi connectivity index (χ1) is 6.13. The second-order valence-corrected chi connectivity index (χ2v) is 5.70. The summed E-state index contributed by atoms with van der Waals surface area (Å²) in [7, 11) is 9.71. The molecule has 0 aliphatic heterocycles. The number of hydrogen-bond donors (Lipinski definition) is 0. The topological polar surface area (TPSA) is 0 Å². The molecular formula is C10H14Cl2Ru. The third kappa shape index (κ3) is 5.67. The summed E-state index contributed by atoms with van der Waals surface area (Å²) in [6.07, 6.45) is 0. The van der Waals surface area contributed by atoms with Crippen molar-refractivity contribution in [2.24, 2.45) is 0 Å². The summed E-state index contributed by atoms with van der Waals surface area (Å²) >= 11 is -0.346. The van der Waals surface area contributed by atoms with Gasteiger partial charge >= 0.3 is 34.5 Å². The van der Waals surface area contributed by atoms with Crippen molar-refractivity contribution in [3.63, 3.8) is 0 Å². The maximum atomic E-state index is 4.85. The van der Waals surface area contributed by atoms with E-state index in [4.69, 9.17) is 19.4 Å². The van der Waals surface area contributed by atoms with Crippen molar-refractivity contribution in [1.29, 1.82) is 0 Å². The van der Waals surface area contributed by atoms with Crippen LogP contribution in [0, 0.1) is 6.92 Å². The van der Waals surface area contributed by atoms with Crippen molar-refractivity contribution in [3.8, 4) is 0 Å². The average Bonchev–Trinajstić information content (AvgIpc) is 2.06. The van der Waals surface area contributed by atoms with Gasteiger partial charge in [0.15, 0.2) is 0 Å². The van der Waals surface area contributed by atoms with Gasteiger partial charge < -0.3 is 0 Å². The molecular weight excluding hydrogens is 292 g/mol. The Hall–Kier alpha value is 0.423. The van der Waals surface area contributed by atoms with Gasteiger partial charge in [-0.1, -0.05) is 38.1 Å². The summed E-state index contributed by atoms with van der Waals surface area (Å²) in [5.74, 6) is 0.654. The Bertz CT molecular complexity index is 236. The number of aryl methyl sites for hydroxylation is 1. The van der Waals surface area contributed by atoms with Crippen molar-refractivity contribution in [2.45, 2.75) is 26.7 Å². The third-order valence-electron chi connectivity index (χ3n) is 1.81. The standard InChI is InChI=1S/C10H14.2ClH.Ru/c1-8(2)10-7-5-4-6-9(10)3;;;/h4-8H,1-3H3;2*1H;/q;;;+2/p-2. The van der Waals surface area contributed by atoms with E-state index in [0.717, 1.165) is 0 Å². The summed E-state index contributed by atoms with van der Waals surface area (Å²) in [6, 6.07) is 8.54. The van der Waals surface area contributed by atoms with E-state index in [9.17, 15) is 0 Å². The molecule has 0 fully saturated rings. The van der Waals surface area contributed by atoms with Crippen LogP contribution in [0.25, 0.3) is 0 Å². The second-order valence-electron chi connectivity index (χ2n) is 3.06. The van der Waals surface area contributed by atoms with Crippen molar-refractivity contribution in [2.75, 3.05) is 0 Å². The van der Waals surface area contributed by atoms with Crippen molar-refractivity contribution in [3.05, 3.63) is 35.4 Å². The monoisotopic (exact) mass is 306 g/mol. The van der Waals surface area contributed by atoms with Crippen LogP contribution in [0.4, 0.5) is 0 Å². The first-order valence-corrected chi connectivity index (χ1v) is 8.51. The van der Waals surface area contributed by atoms with Gasteiger partial charge in [-0.2, -0.15) is 0 Å². The second kappa shape index (κ2) is 7.79. The molecule has 0 spiro atoms. The molecule has 76 valence electrons. The van der Waals surface area contributed by atoms with Crippen LogP contribution < -0.4 is 0 Å². The van der Waals surface area contributed by atoms with E-state index in [2.05, 4.69) is 45.0 Å². The molecule has 1 aromatic carbocycles. The summed E-state index contributed by atoms with van der Waals surface area (Å²) in [5.41, 5.74) is 2.86. The summed E-state index contributed by atoms with van der Waals surface area (Å²) < 4.78 is 0. The Balaban J connectivity index is 0.000000424. The normalized spacial score (nSPS) is 9.69. The molecule has 0 nitrogen and oxygen atoms in total. The molecule has 0 unspecified atom stereocenters. The van der Waals surface area contributed by atoms with E-state index in [1.165, 1.54) is 11.1 Å². The van der Waals surface area contributed by atoms with Crippen LogP contribution in [0.15, 0.2) is 24.3 Å². The van der Waals surface area contributed by atoms with Crippen LogP contribution >= 0.6 is 19.4 Å². The molecule has 0 N–H and O–H groups in total. The van der Waals surface area contributed by atoms with E-state index < -0.39 is 0 Å². The molecule has 0 aliphatic rings. The van der Waals surface area contributed by atoms with Gasteiger partial charge in [0.1, 0.15) is 0 Å². The van der Waals surface area contributed by atoms with Gasteiger partial charge in [0, 0.05) is 0 Å². The summed E-state index contributed by atoms with van der Waals surface area (Å²) in [5, 5.41) is 0. The van der Waals surface area contributed by atoms with Crippen molar-refractivity contribution >= 4 is 19.4 Å². The van der Waals surface area contributed by atoms with Gasteiger partial charge in [0.25, 0.3) is 0 Å². The summed E-state index contributed by atoms with van der Waals surface area (Å²) in [6.45, 7) is 6.61. The zero-order valence-corrected chi connectivity index (χ0v) is 11.2. The van der Waals surface area contributed by atoms with E-state index in [-0.39, 0.29) is 15.1 Å². The van der Waals surface area contributed by atoms with Gasteiger partial charge in [-0.25, -0.2) is 0 Å². The number of rotatable bonds is 1. The van der Waals surface area contributed by atoms with E-state index in [1.54, 1.807) is 0 Å². The van der Waals surface area contributed by atoms with Gasteiger partial charge in [0.2, 0.25) is 0 Å². The average molecular weight is 306 g/mol. The molecule has 0 atom stereocenters. The van der Waals surface area contributed by atoms with Crippen molar-refractivity contribution in [1.82, 2.24) is 0 Å². The first-order valence-electron chi connectivity index (χ1n) is 4.04. The van der Waals surface area contributed by atoms with Gasteiger partial charge in [-0.05, 0) is 24.0 Å². The number of hydrogen-bond acceptors (Lipinski definition) is 0. The Morgan fingerprint density at radius 2 is 1.62 bits per heavy atom. The zero-order valence-electron chi connectivity index (χ0n) is 8.00. The minimum absolute atomic E-state index is 0.346. The van der Waals surface area contributed by atoms with Gasteiger partial charge in [-0.3, -0.25) is 0 Å². The molecule has 0 bridgehead atoms. The molecule has 0 heterocycles.